The minimum Gasteiger partial charge on any atom is -0.493 e. The van der Waals surface area contributed by atoms with Crippen molar-refractivity contribution in [2.24, 2.45) is 5.92 Å². The highest BCUT2D eigenvalue weighted by atomic mass is 32.1. The standard InChI is InChI=1S/C29H34N4O2S/c1-22(2)21-35-27-10-6-9-24(19-27)28(34)31-29(36)30-25-11-13-26(14-12-25)33-17-15-32(16-18-33)20-23-7-4-3-5-8-23/h3-14,19,22H,15-18,20-21H2,1-2H3,(H2,30,31,34,36). The van der Waals surface area contributed by atoms with Crippen molar-refractivity contribution >= 4 is 34.6 Å². The van der Waals surface area contributed by atoms with Crippen LogP contribution in [0.2, 0.25) is 0 Å². The van der Waals surface area contributed by atoms with Crippen molar-refractivity contribution in [3.05, 3.63) is 90.0 Å². The molecule has 1 heterocycles. The molecule has 0 unspecified atom stereocenters. The maximum Gasteiger partial charge on any atom is 0.257 e. The van der Waals surface area contributed by atoms with Crippen molar-refractivity contribution in [2.75, 3.05) is 43.0 Å². The van der Waals surface area contributed by atoms with Gasteiger partial charge in [-0.1, -0.05) is 50.2 Å². The van der Waals surface area contributed by atoms with Crippen LogP contribution in [0.15, 0.2) is 78.9 Å². The first-order chi connectivity index (χ1) is 17.5. The van der Waals surface area contributed by atoms with Gasteiger partial charge in [-0.3, -0.25) is 15.0 Å². The van der Waals surface area contributed by atoms with Gasteiger partial charge >= 0.3 is 0 Å². The van der Waals surface area contributed by atoms with Crippen molar-refractivity contribution in [3.8, 4) is 5.75 Å². The Kier molecular flexibility index (Phi) is 8.92. The van der Waals surface area contributed by atoms with Gasteiger partial charge in [0, 0.05) is 49.7 Å². The lowest BCUT2D eigenvalue weighted by Crippen LogP contribution is -2.45. The molecular formula is C29H34N4O2S. The molecule has 6 nitrogen and oxygen atoms in total. The third kappa shape index (κ3) is 7.54. The summed E-state index contributed by atoms with van der Waals surface area (Å²) in [5.74, 6) is 0.814. The zero-order valence-corrected chi connectivity index (χ0v) is 21.8. The Balaban J connectivity index is 1.24. The van der Waals surface area contributed by atoms with Gasteiger partial charge in [0.15, 0.2) is 5.11 Å². The topological polar surface area (TPSA) is 56.8 Å². The number of piperazine rings is 1. The number of rotatable bonds is 8. The number of carbonyl (C=O) groups is 1. The smallest absolute Gasteiger partial charge is 0.257 e. The van der Waals surface area contributed by atoms with E-state index in [4.69, 9.17) is 17.0 Å². The molecule has 0 atom stereocenters. The van der Waals surface area contributed by atoms with E-state index in [9.17, 15) is 4.79 Å². The van der Waals surface area contributed by atoms with Crippen LogP contribution in [-0.4, -0.2) is 48.7 Å². The Labute approximate surface area is 219 Å². The lowest BCUT2D eigenvalue weighted by Gasteiger charge is -2.36. The molecule has 36 heavy (non-hydrogen) atoms. The number of anilines is 2. The normalized spacial score (nSPS) is 13.9. The summed E-state index contributed by atoms with van der Waals surface area (Å²) in [5.41, 5.74) is 3.88. The number of benzene rings is 3. The van der Waals surface area contributed by atoms with Gasteiger partial charge in [-0.05, 0) is 66.2 Å². The van der Waals surface area contributed by atoms with Crippen molar-refractivity contribution in [3.63, 3.8) is 0 Å². The number of nitrogens with zero attached hydrogens (tertiary/aromatic N) is 2. The van der Waals surface area contributed by atoms with Crippen LogP contribution in [0, 0.1) is 5.92 Å². The van der Waals surface area contributed by atoms with E-state index in [1.165, 1.54) is 11.3 Å². The Morgan fingerprint density at radius 2 is 1.67 bits per heavy atom. The predicted octanol–water partition coefficient (Wildman–Crippen LogP) is 5.17. The van der Waals surface area contributed by atoms with E-state index < -0.39 is 0 Å². The van der Waals surface area contributed by atoms with Gasteiger partial charge in [0.2, 0.25) is 0 Å². The number of carbonyl (C=O) groups excluding carboxylic acids is 1. The number of amides is 1. The van der Waals surface area contributed by atoms with Gasteiger partial charge in [-0.2, -0.15) is 0 Å². The first kappa shape index (κ1) is 25.7. The summed E-state index contributed by atoms with van der Waals surface area (Å²) in [6.07, 6.45) is 0. The van der Waals surface area contributed by atoms with E-state index in [1.807, 2.05) is 18.2 Å². The zero-order chi connectivity index (χ0) is 25.3. The molecule has 2 N–H and O–H groups in total. The molecule has 0 spiro atoms. The second-order valence-electron chi connectivity index (χ2n) is 9.44. The second-order valence-corrected chi connectivity index (χ2v) is 9.84. The largest absolute Gasteiger partial charge is 0.493 e. The van der Waals surface area contributed by atoms with Crippen LogP contribution in [0.3, 0.4) is 0 Å². The molecule has 0 bridgehead atoms. The SMILES string of the molecule is CC(C)COc1cccc(C(=O)NC(=S)Nc2ccc(N3CCN(Cc4ccccc4)CC3)cc2)c1. The lowest BCUT2D eigenvalue weighted by molar-refractivity contribution is 0.0977. The van der Waals surface area contributed by atoms with E-state index >= 15 is 0 Å². The summed E-state index contributed by atoms with van der Waals surface area (Å²) in [6, 6.07) is 25.9. The summed E-state index contributed by atoms with van der Waals surface area (Å²) in [6.45, 7) is 9.83. The molecule has 1 aliphatic heterocycles. The fourth-order valence-corrected chi connectivity index (χ4v) is 4.30. The highest BCUT2D eigenvalue weighted by Crippen LogP contribution is 2.20. The summed E-state index contributed by atoms with van der Waals surface area (Å²) in [4.78, 5) is 17.5. The van der Waals surface area contributed by atoms with Crippen molar-refractivity contribution in [1.29, 1.82) is 0 Å². The van der Waals surface area contributed by atoms with E-state index in [-0.39, 0.29) is 11.0 Å². The van der Waals surface area contributed by atoms with E-state index in [1.54, 1.807) is 18.2 Å². The van der Waals surface area contributed by atoms with Gasteiger partial charge < -0.3 is 15.0 Å². The molecular weight excluding hydrogens is 468 g/mol. The van der Waals surface area contributed by atoms with Gasteiger partial charge in [0.05, 0.1) is 6.61 Å². The molecule has 0 aliphatic carbocycles. The molecule has 0 saturated carbocycles. The van der Waals surface area contributed by atoms with E-state index in [2.05, 4.69) is 76.7 Å². The summed E-state index contributed by atoms with van der Waals surface area (Å²) in [5, 5.41) is 6.11. The Hall–Kier alpha value is -3.42. The molecule has 4 rings (SSSR count). The van der Waals surface area contributed by atoms with Crippen molar-refractivity contribution in [2.45, 2.75) is 20.4 Å². The molecule has 1 amide bonds. The van der Waals surface area contributed by atoms with Gasteiger partial charge in [0.25, 0.3) is 5.91 Å². The highest BCUT2D eigenvalue weighted by Gasteiger charge is 2.17. The maximum atomic E-state index is 12.6. The first-order valence-electron chi connectivity index (χ1n) is 12.4. The minimum absolute atomic E-state index is 0.260. The Morgan fingerprint density at radius 3 is 2.36 bits per heavy atom. The third-order valence-electron chi connectivity index (χ3n) is 6.02. The molecule has 0 aromatic heterocycles. The van der Waals surface area contributed by atoms with E-state index in [0.717, 1.165) is 38.4 Å². The predicted molar refractivity (Wildman–Crippen MR) is 151 cm³/mol. The quantitative estimate of drug-likeness (QED) is 0.415. The van der Waals surface area contributed by atoms with Crippen LogP contribution in [0.1, 0.15) is 29.8 Å². The van der Waals surface area contributed by atoms with Crippen LogP contribution in [-0.2, 0) is 6.54 Å². The van der Waals surface area contributed by atoms with Crippen molar-refractivity contribution < 1.29 is 9.53 Å². The molecule has 0 radical (unpaired) electrons. The van der Waals surface area contributed by atoms with Gasteiger partial charge in [-0.25, -0.2) is 0 Å². The molecule has 7 heteroatoms. The number of thiocarbonyl (C=S) groups is 1. The zero-order valence-electron chi connectivity index (χ0n) is 20.9. The number of hydrogen-bond donors (Lipinski definition) is 2. The van der Waals surface area contributed by atoms with Crippen LogP contribution in [0.25, 0.3) is 0 Å². The monoisotopic (exact) mass is 502 g/mol. The van der Waals surface area contributed by atoms with Gasteiger partial charge in [0.1, 0.15) is 5.75 Å². The van der Waals surface area contributed by atoms with E-state index in [0.29, 0.717) is 23.8 Å². The minimum atomic E-state index is -0.271. The third-order valence-corrected chi connectivity index (χ3v) is 6.22. The molecule has 1 fully saturated rings. The Bertz CT molecular complexity index is 1140. The lowest BCUT2D eigenvalue weighted by atomic mass is 10.2. The van der Waals surface area contributed by atoms with Crippen LogP contribution in [0.4, 0.5) is 11.4 Å². The Morgan fingerprint density at radius 1 is 0.944 bits per heavy atom. The number of hydrogen-bond acceptors (Lipinski definition) is 5. The van der Waals surface area contributed by atoms with Crippen LogP contribution >= 0.6 is 12.2 Å². The number of nitrogens with one attached hydrogen (secondary N) is 2. The second kappa shape index (κ2) is 12.5. The summed E-state index contributed by atoms with van der Waals surface area (Å²) >= 11 is 5.36. The van der Waals surface area contributed by atoms with Crippen molar-refractivity contribution in [1.82, 2.24) is 10.2 Å². The summed E-state index contributed by atoms with van der Waals surface area (Å²) < 4.78 is 5.72. The summed E-state index contributed by atoms with van der Waals surface area (Å²) in [7, 11) is 0. The molecule has 3 aromatic carbocycles. The average Bonchev–Trinajstić information content (AvgIpc) is 2.89. The molecule has 1 aliphatic rings. The highest BCUT2D eigenvalue weighted by molar-refractivity contribution is 7.80. The molecule has 3 aromatic rings. The molecule has 188 valence electrons. The fourth-order valence-electron chi connectivity index (χ4n) is 4.09. The van der Waals surface area contributed by atoms with Crippen LogP contribution < -0.4 is 20.3 Å². The first-order valence-corrected chi connectivity index (χ1v) is 12.8. The number of ether oxygens (including phenoxy) is 1. The molecule has 1 saturated heterocycles. The van der Waals surface area contributed by atoms with Gasteiger partial charge in [-0.15, -0.1) is 0 Å². The average molecular weight is 503 g/mol. The maximum absolute atomic E-state index is 12.6. The van der Waals surface area contributed by atoms with Crippen LogP contribution in [0.5, 0.6) is 5.75 Å². The fraction of sp³-hybridized carbons (Fsp3) is 0.310.